The van der Waals surface area contributed by atoms with Crippen LogP contribution in [-0.4, -0.2) is 44.0 Å². The van der Waals surface area contributed by atoms with Crippen molar-refractivity contribution >= 4 is 15.9 Å². The fraction of sp³-hybridized carbons (Fsp3) is 0.812. The molecule has 0 aromatic heterocycles. The van der Waals surface area contributed by atoms with Gasteiger partial charge >= 0.3 is 0 Å². The monoisotopic (exact) mass is 328 g/mol. The third kappa shape index (κ3) is 5.72. The van der Waals surface area contributed by atoms with Crippen molar-refractivity contribution in [2.45, 2.75) is 63.8 Å². The van der Waals surface area contributed by atoms with Crippen LogP contribution < -0.4 is 5.32 Å². The van der Waals surface area contributed by atoms with E-state index in [0.29, 0.717) is 6.54 Å². The molecular weight excluding hydrogens is 300 g/mol. The summed E-state index contributed by atoms with van der Waals surface area (Å²) in [6.07, 6.45) is 13.0. The predicted octanol–water partition coefficient (Wildman–Crippen LogP) is 2.20. The topological polar surface area (TPSA) is 66.5 Å². The molecule has 0 aromatic rings. The van der Waals surface area contributed by atoms with Crippen molar-refractivity contribution in [1.29, 1.82) is 0 Å². The molecule has 0 bridgehead atoms. The van der Waals surface area contributed by atoms with E-state index < -0.39 is 10.0 Å². The summed E-state index contributed by atoms with van der Waals surface area (Å²) in [5.74, 6) is -0.171. The summed E-state index contributed by atoms with van der Waals surface area (Å²) in [5.41, 5.74) is 1.33. The van der Waals surface area contributed by atoms with Crippen LogP contribution in [0.25, 0.3) is 0 Å². The summed E-state index contributed by atoms with van der Waals surface area (Å²) in [6.45, 7) is 0.353. The molecule has 126 valence electrons. The van der Waals surface area contributed by atoms with Crippen molar-refractivity contribution in [3.63, 3.8) is 0 Å². The van der Waals surface area contributed by atoms with Crippen molar-refractivity contribution in [2.75, 3.05) is 19.3 Å². The van der Waals surface area contributed by atoms with Gasteiger partial charge in [0.25, 0.3) is 0 Å². The Kier molecular flexibility index (Phi) is 6.44. The number of amides is 1. The van der Waals surface area contributed by atoms with Gasteiger partial charge < -0.3 is 5.32 Å². The van der Waals surface area contributed by atoms with Crippen molar-refractivity contribution < 1.29 is 13.2 Å². The molecule has 0 heterocycles. The second kappa shape index (κ2) is 8.11. The molecule has 0 unspecified atom stereocenters. The Bertz CT molecular complexity index is 507. The molecule has 1 amide bonds. The standard InChI is InChI=1S/C16H28N2O3S/c1-22(20,21)18(12-11-14-7-3-2-4-8-14)13-16(19)17-15-9-5-6-10-15/h7,15H,2-6,8-13H2,1H3,(H,17,19). The van der Waals surface area contributed by atoms with Crippen LogP contribution >= 0.6 is 0 Å². The molecule has 2 aliphatic carbocycles. The Morgan fingerprint density at radius 2 is 2.00 bits per heavy atom. The molecule has 0 spiro atoms. The highest BCUT2D eigenvalue weighted by molar-refractivity contribution is 7.88. The van der Waals surface area contributed by atoms with Crippen molar-refractivity contribution in [3.05, 3.63) is 11.6 Å². The summed E-state index contributed by atoms with van der Waals surface area (Å²) in [5, 5.41) is 2.96. The normalized spacial score (nSPS) is 20.2. The van der Waals surface area contributed by atoms with Gasteiger partial charge in [0, 0.05) is 12.6 Å². The van der Waals surface area contributed by atoms with Crippen molar-refractivity contribution in [3.8, 4) is 0 Å². The lowest BCUT2D eigenvalue weighted by Crippen LogP contribution is -2.43. The van der Waals surface area contributed by atoms with Crippen molar-refractivity contribution in [2.24, 2.45) is 0 Å². The fourth-order valence-electron chi connectivity index (χ4n) is 3.27. The highest BCUT2D eigenvalue weighted by Gasteiger charge is 2.23. The first-order chi connectivity index (χ1) is 10.4. The maximum atomic E-state index is 12.1. The van der Waals surface area contributed by atoms with Crippen LogP contribution in [0.3, 0.4) is 0 Å². The van der Waals surface area contributed by atoms with Gasteiger partial charge in [-0.2, -0.15) is 4.31 Å². The summed E-state index contributed by atoms with van der Waals surface area (Å²) in [4.78, 5) is 12.1. The quantitative estimate of drug-likeness (QED) is 0.729. The Hall–Kier alpha value is -0.880. The molecule has 0 saturated heterocycles. The molecule has 2 aliphatic rings. The van der Waals surface area contributed by atoms with E-state index in [9.17, 15) is 13.2 Å². The van der Waals surface area contributed by atoms with E-state index in [1.165, 1.54) is 29.0 Å². The van der Waals surface area contributed by atoms with E-state index >= 15 is 0 Å². The van der Waals surface area contributed by atoms with Gasteiger partial charge in [-0.05, 0) is 44.9 Å². The van der Waals surface area contributed by atoms with Gasteiger partial charge in [0.15, 0.2) is 0 Å². The lowest BCUT2D eigenvalue weighted by atomic mass is 9.97. The molecule has 6 heteroatoms. The van der Waals surface area contributed by atoms with E-state index in [2.05, 4.69) is 11.4 Å². The number of sulfonamides is 1. The Morgan fingerprint density at radius 3 is 2.59 bits per heavy atom. The molecule has 0 radical (unpaired) electrons. The Labute approximate surface area is 134 Å². The lowest BCUT2D eigenvalue weighted by molar-refractivity contribution is -0.122. The average molecular weight is 328 g/mol. The summed E-state index contributed by atoms with van der Waals surface area (Å²) < 4.78 is 25.1. The maximum absolute atomic E-state index is 12.1. The minimum Gasteiger partial charge on any atom is -0.352 e. The number of rotatable bonds is 7. The highest BCUT2D eigenvalue weighted by atomic mass is 32.2. The minimum atomic E-state index is -3.35. The molecule has 5 nitrogen and oxygen atoms in total. The highest BCUT2D eigenvalue weighted by Crippen LogP contribution is 2.21. The van der Waals surface area contributed by atoms with Crippen LogP contribution in [0, 0.1) is 0 Å². The average Bonchev–Trinajstić information content (AvgIpc) is 2.96. The molecular formula is C16H28N2O3S. The summed E-state index contributed by atoms with van der Waals surface area (Å²) >= 11 is 0. The maximum Gasteiger partial charge on any atom is 0.235 e. The minimum absolute atomic E-state index is 0.0530. The number of hydrogen-bond acceptors (Lipinski definition) is 3. The smallest absolute Gasteiger partial charge is 0.235 e. The van der Waals surface area contributed by atoms with Crippen LogP contribution in [0.2, 0.25) is 0 Å². The van der Waals surface area contributed by atoms with E-state index in [4.69, 9.17) is 0 Å². The first-order valence-corrected chi connectivity index (χ1v) is 10.2. The van der Waals surface area contributed by atoms with Crippen molar-refractivity contribution in [1.82, 2.24) is 9.62 Å². The lowest BCUT2D eigenvalue weighted by Gasteiger charge is -2.22. The third-order valence-electron chi connectivity index (χ3n) is 4.58. The van der Waals surface area contributed by atoms with E-state index in [1.807, 2.05) is 0 Å². The molecule has 0 aromatic carbocycles. The zero-order valence-corrected chi connectivity index (χ0v) is 14.3. The zero-order valence-electron chi connectivity index (χ0n) is 13.5. The molecule has 22 heavy (non-hydrogen) atoms. The molecule has 2 rings (SSSR count). The Balaban J connectivity index is 1.85. The van der Waals surface area contributed by atoms with Crippen LogP contribution in [0.15, 0.2) is 11.6 Å². The van der Waals surface area contributed by atoms with Gasteiger partial charge in [0.05, 0.1) is 12.8 Å². The van der Waals surface area contributed by atoms with Crippen LogP contribution in [0.4, 0.5) is 0 Å². The molecule has 0 aliphatic heterocycles. The molecule has 1 N–H and O–H groups in total. The molecule has 1 fully saturated rings. The van der Waals surface area contributed by atoms with Gasteiger partial charge in [-0.15, -0.1) is 0 Å². The van der Waals surface area contributed by atoms with E-state index in [-0.39, 0.29) is 18.5 Å². The van der Waals surface area contributed by atoms with Gasteiger partial charge in [-0.1, -0.05) is 24.5 Å². The second-order valence-corrected chi connectivity index (χ2v) is 8.49. The van der Waals surface area contributed by atoms with Crippen LogP contribution in [-0.2, 0) is 14.8 Å². The number of carbonyl (C=O) groups excluding carboxylic acids is 1. The zero-order chi connectivity index (χ0) is 16.0. The van der Waals surface area contributed by atoms with Gasteiger partial charge in [-0.25, -0.2) is 8.42 Å². The Morgan fingerprint density at radius 1 is 1.27 bits per heavy atom. The second-order valence-electron chi connectivity index (χ2n) is 6.50. The van der Waals surface area contributed by atoms with E-state index in [1.54, 1.807) is 0 Å². The van der Waals surface area contributed by atoms with Gasteiger partial charge in [0.1, 0.15) is 0 Å². The molecule has 1 saturated carbocycles. The number of nitrogens with one attached hydrogen (secondary N) is 1. The van der Waals surface area contributed by atoms with Crippen LogP contribution in [0.5, 0.6) is 0 Å². The largest absolute Gasteiger partial charge is 0.352 e. The summed E-state index contributed by atoms with van der Waals surface area (Å²) in [6, 6.07) is 0.231. The first-order valence-electron chi connectivity index (χ1n) is 8.37. The van der Waals surface area contributed by atoms with Gasteiger partial charge in [-0.3, -0.25) is 4.79 Å². The van der Waals surface area contributed by atoms with Gasteiger partial charge in [0.2, 0.25) is 15.9 Å². The number of hydrogen-bond donors (Lipinski definition) is 1. The predicted molar refractivity (Wildman–Crippen MR) is 88.0 cm³/mol. The van der Waals surface area contributed by atoms with Crippen LogP contribution in [0.1, 0.15) is 57.8 Å². The molecule has 0 atom stereocenters. The number of nitrogens with zero attached hydrogens (tertiary/aromatic N) is 1. The third-order valence-corrected chi connectivity index (χ3v) is 5.83. The fourth-order valence-corrected chi connectivity index (χ4v) is 4.04. The first kappa shape index (κ1) is 17.5. The number of carbonyl (C=O) groups is 1. The van der Waals surface area contributed by atoms with E-state index in [0.717, 1.165) is 44.9 Å². The SMILES string of the molecule is CS(=O)(=O)N(CCC1=CCCCC1)CC(=O)NC1CCCC1. The summed E-state index contributed by atoms with van der Waals surface area (Å²) in [7, 11) is -3.35. The number of allylic oxidation sites excluding steroid dienone is 1.